The Morgan fingerprint density at radius 3 is 2.52 bits per heavy atom. The van der Waals surface area contributed by atoms with Crippen LogP contribution in [0.5, 0.6) is 0 Å². The Labute approximate surface area is 233 Å². The summed E-state index contributed by atoms with van der Waals surface area (Å²) in [6.45, 7) is 12.9. The largest absolute Gasteiger partial charge is 0.465 e. The first-order valence-corrected chi connectivity index (χ1v) is 13.5. The van der Waals surface area contributed by atoms with Gasteiger partial charge in [-0.15, -0.1) is 0 Å². The molecule has 3 aromatic rings. The molecule has 0 radical (unpaired) electrons. The Balaban J connectivity index is 1.71. The average molecular weight is 554 g/mol. The maximum absolute atomic E-state index is 13.1. The molecule has 1 aliphatic heterocycles. The maximum Gasteiger partial charge on any atom is 0.407 e. The first-order chi connectivity index (χ1) is 18.9. The van der Waals surface area contributed by atoms with Gasteiger partial charge in [0.25, 0.3) is 6.43 Å². The number of carbonyl (C=O) groups is 2. The number of amides is 2. The molecule has 2 aromatic carbocycles. The minimum absolute atomic E-state index is 0.0560. The van der Waals surface area contributed by atoms with Crippen molar-refractivity contribution in [1.82, 2.24) is 19.4 Å². The molecule has 1 unspecified atom stereocenters. The van der Waals surface area contributed by atoms with Crippen molar-refractivity contribution < 1.29 is 23.5 Å². The van der Waals surface area contributed by atoms with Gasteiger partial charge in [-0.3, -0.25) is 4.79 Å². The van der Waals surface area contributed by atoms with Crippen molar-refractivity contribution in [2.45, 2.75) is 72.1 Å². The van der Waals surface area contributed by atoms with Crippen molar-refractivity contribution in [3.63, 3.8) is 0 Å². The normalized spacial score (nSPS) is 16.4. The molecule has 2 heterocycles. The Morgan fingerprint density at radius 1 is 1.23 bits per heavy atom. The molecule has 8 nitrogen and oxygen atoms in total. The van der Waals surface area contributed by atoms with Gasteiger partial charge in [0.1, 0.15) is 0 Å². The van der Waals surface area contributed by atoms with Gasteiger partial charge < -0.3 is 24.8 Å². The molecule has 0 spiro atoms. The number of anilines is 2. The summed E-state index contributed by atoms with van der Waals surface area (Å²) >= 11 is 0. The molecule has 1 aromatic heterocycles. The second-order valence-corrected chi connectivity index (χ2v) is 11.4. The summed E-state index contributed by atoms with van der Waals surface area (Å²) in [5.74, 6) is 0.390. The molecule has 1 aliphatic rings. The molecule has 1 saturated heterocycles. The maximum atomic E-state index is 13.1. The number of alkyl halides is 2. The minimum atomic E-state index is -2.56. The van der Waals surface area contributed by atoms with E-state index in [1.807, 2.05) is 55.4 Å². The topological polar surface area (TPSA) is 90.7 Å². The zero-order chi connectivity index (χ0) is 29.2. The molecule has 40 heavy (non-hydrogen) atoms. The number of aromatic nitrogens is 2. The number of halogens is 2. The molecule has 2 N–H and O–H groups in total. The van der Waals surface area contributed by atoms with Crippen LogP contribution in [0.2, 0.25) is 0 Å². The van der Waals surface area contributed by atoms with Gasteiger partial charge >= 0.3 is 6.09 Å². The van der Waals surface area contributed by atoms with E-state index in [0.717, 1.165) is 23.9 Å². The number of hydrogen-bond donors (Lipinski definition) is 2. The molecular formula is C30H37F2N5O3. The molecule has 2 atom stereocenters. The van der Waals surface area contributed by atoms with Gasteiger partial charge in [-0.1, -0.05) is 45.5 Å². The van der Waals surface area contributed by atoms with Crippen molar-refractivity contribution in [2.24, 2.45) is 5.41 Å². The first kappa shape index (κ1) is 29.0. The molecule has 0 bridgehead atoms. The van der Waals surface area contributed by atoms with Crippen LogP contribution < -0.4 is 5.32 Å². The lowest BCUT2D eigenvalue weighted by atomic mass is 9.87. The molecule has 1 fully saturated rings. The lowest BCUT2D eigenvalue weighted by Crippen LogP contribution is -2.44. The van der Waals surface area contributed by atoms with E-state index < -0.39 is 12.5 Å². The number of rotatable bonds is 9. The predicted molar refractivity (Wildman–Crippen MR) is 152 cm³/mol. The van der Waals surface area contributed by atoms with Crippen LogP contribution in [0.1, 0.15) is 58.1 Å². The summed E-state index contributed by atoms with van der Waals surface area (Å²) in [6, 6.07) is 11.3. The average Bonchev–Trinajstić information content (AvgIpc) is 3.50. The molecule has 4 rings (SSSR count). The highest BCUT2D eigenvalue weighted by Crippen LogP contribution is 2.30. The molecule has 0 saturated carbocycles. The minimum Gasteiger partial charge on any atom is -0.465 e. The number of nitrogens with one attached hydrogen (secondary N) is 1. The van der Waals surface area contributed by atoms with E-state index in [4.69, 9.17) is 4.98 Å². The third-order valence-corrected chi connectivity index (χ3v) is 7.78. The van der Waals surface area contributed by atoms with Gasteiger partial charge in [0.2, 0.25) is 11.9 Å². The number of benzene rings is 2. The van der Waals surface area contributed by atoms with Crippen molar-refractivity contribution in [3.05, 3.63) is 66.2 Å². The summed E-state index contributed by atoms with van der Waals surface area (Å²) in [6.07, 6.45) is -0.504. The molecule has 0 aliphatic carbocycles. The first-order valence-electron chi connectivity index (χ1n) is 13.5. The van der Waals surface area contributed by atoms with Crippen LogP contribution in [-0.4, -0.2) is 55.1 Å². The Kier molecular flexibility index (Phi) is 8.46. The molecule has 10 heteroatoms. The second-order valence-electron chi connectivity index (χ2n) is 11.4. The molecular weight excluding hydrogens is 516 g/mol. The Bertz CT molecular complexity index is 1380. The number of fused-ring (bicyclic) bond motifs is 1. The number of carbonyl (C=O) groups excluding carboxylic acids is 1. The second kappa shape index (κ2) is 11.7. The van der Waals surface area contributed by atoms with E-state index in [0.29, 0.717) is 30.2 Å². The van der Waals surface area contributed by atoms with Crippen LogP contribution in [0.3, 0.4) is 0 Å². The van der Waals surface area contributed by atoms with Crippen LogP contribution in [0, 0.1) is 5.41 Å². The van der Waals surface area contributed by atoms with Crippen molar-refractivity contribution in [1.29, 1.82) is 0 Å². The fourth-order valence-corrected chi connectivity index (χ4v) is 5.07. The van der Waals surface area contributed by atoms with E-state index >= 15 is 0 Å². The third kappa shape index (κ3) is 6.26. The summed E-state index contributed by atoms with van der Waals surface area (Å²) in [4.78, 5) is 32.6. The number of imidazole rings is 1. The van der Waals surface area contributed by atoms with Crippen LogP contribution in [0.25, 0.3) is 11.0 Å². The van der Waals surface area contributed by atoms with Gasteiger partial charge in [-0.05, 0) is 61.1 Å². The summed E-state index contributed by atoms with van der Waals surface area (Å²) in [7, 11) is 0. The summed E-state index contributed by atoms with van der Waals surface area (Å²) in [5, 5.41) is 13.2. The summed E-state index contributed by atoms with van der Waals surface area (Å²) in [5.41, 5.74) is 2.57. The van der Waals surface area contributed by atoms with Crippen molar-refractivity contribution >= 4 is 34.7 Å². The number of carboxylic acid groups (broad SMARTS) is 1. The van der Waals surface area contributed by atoms with E-state index in [1.54, 1.807) is 12.1 Å². The lowest BCUT2D eigenvalue weighted by Gasteiger charge is -2.36. The smallest absolute Gasteiger partial charge is 0.407 e. The van der Waals surface area contributed by atoms with E-state index in [2.05, 4.69) is 11.9 Å². The standard InChI is InChI=1S/C30H37F2N5O3/c1-6-26(38)35-15-7-8-23(35)18-37-25-14-9-20(17-36(29(39)40)19(2)30(3,4)5)16-24(25)34-28(37)33-22-12-10-21(11-13-22)27(31)32/h6,9-14,16,19,23,27H,1,7-8,15,17-18H2,2-5H3,(H,33,34)(H,39,40)/t19-,23?/m0/s1. The van der Waals surface area contributed by atoms with Gasteiger partial charge in [-0.25, -0.2) is 18.6 Å². The Hall–Kier alpha value is -3.95. The highest BCUT2D eigenvalue weighted by molar-refractivity contribution is 5.87. The highest BCUT2D eigenvalue weighted by Gasteiger charge is 2.31. The van der Waals surface area contributed by atoms with Gasteiger partial charge in [0, 0.05) is 36.9 Å². The van der Waals surface area contributed by atoms with E-state index in [1.165, 1.54) is 23.1 Å². The lowest BCUT2D eigenvalue weighted by molar-refractivity contribution is -0.126. The van der Waals surface area contributed by atoms with Gasteiger partial charge in [0.15, 0.2) is 0 Å². The third-order valence-electron chi connectivity index (χ3n) is 7.78. The van der Waals surface area contributed by atoms with Crippen molar-refractivity contribution in [3.8, 4) is 0 Å². The van der Waals surface area contributed by atoms with E-state index in [-0.39, 0.29) is 35.5 Å². The van der Waals surface area contributed by atoms with Crippen LogP contribution in [0.15, 0.2) is 55.1 Å². The fraction of sp³-hybridized carbons (Fsp3) is 0.433. The highest BCUT2D eigenvalue weighted by atomic mass is 19.3. The molecule has 2 amide bonds. The van der Waals surface area contributed by atoms with E-state index in [9.17, 15) is 23.5 Å². The number of likely N-dealkylation sites (tertiary alicyclic amines) is 1. The molecule has 214 valence electrons. The predicted octanol–water partition coefficient (Wildman–Crippen LogP) is 6.81. The zero-order valence-corrected chi connectivity index (χ0v) is 23.4. The number of nitrogens with zero attached hydrogens (tertiary/aromatic N) is 4. The van der Waals surface area contributed by atoms with Crippen LogP contribution >= 0.6 is 0 Å². The van der Waals surface area contributed by atoms with Crippen LogP contribution in [-0.2, 0) is 17.9 Å². The quantitative estimate of drug-likeness (QED) is 0.284. The number of hydrogen-bond acceptors (Lipinski definition) is 4. The van der Waals surface area contributed by atoms with Gasteiger partial charge in [0.05, 0.1) is 17.1 Å². The fourth-order valence-electron chi connectivity index (χ4n) is 5.07. The van der Waals surface area contributed by atoms with Crippen LogP contribution in [0.4, 0.5) is 25.2 Å². The SMILES string of the molecule is C=CC(=O)N1CCCC1Cn1c(Nc2ccc(C(F)F)cc2)nc2cc(CN(C(=O)O)[C@@H](C)C(C)(C)C)ccc21. The van der Waals surface area contributed by atoms with Gasteiger partial charge in [-0.2, -0.15) is 0 Å². The van der Waals surface area contributed by atoms with Crippen molar-refractivity contribution in [2.75, 3.05) is 11.9 Å². The Morgan fingerprint density at radius 2 is 1.93 bits per heavy atom. The zero-order valence-electron chi connectivity index (χ0n) is 23.4. The summed E-state index contributed by atoms with van der Waals surface area (Å²) < 4.78 is 28.1. The monoisotopic (exact) mass is 553 g/mol.